The highest BCUT2D eigenvalue weighted by Crippen LogP contribution is 2.10. The highest BCUT2D eigenvalue weighted by Gasteiger charge is 2.19. The van der Waals surface area contributed by atoms with E-state index < -0.39 is 11.9 Å². The molecule has 0 aromatic carbocycles. The lowest BCUT2D eigenvalue weighted by Crippen LogP contribution is -2.47. The van der Waals surface area contributed by atoms with Gasteiger partial charge in [0, 0.05) is 6.54 Å². The summed E-state index contributed by atoms with van der Waals surface area (Å²) in [6, 6.07) is -1.03. The normalized spacial score (nSPS) is 13.6. The molecule has 0 aromatic rings. The van der Waals surface area contributed by atoms with E-state index in [1.807, 2.05) is 20.8 Å². The standard InChI is InChI=1S/C9H18N2O2/c1-6(12)7(10)8(13)11-5-9(2,3)4/h7H,5,10H2,1-4H3,(H,11,13)/t7-/m0/s1. The van der Waals surface area contributed by atoms with Gasteiger partial charge in [-0.15, -0.1) is 0 Å². The fourth-order valence-corrected chi connectivity index (χ4v) is 0.647. The molecule has 0 saturated carbocycles. The zero-order valence-corrected chi connectivity index (χ0v) is 8.68. The van der Waals surface area contributed by atoms with Gasteiger partial charge in [0.05, 0.1) is 0 Å². The Morgan fingerprint density at radius 3 is 2.15 bits per heavy atom. The molecule has 0 unspecified atom stereocenters. The molecular formula is C9H18N2O2. The first-order valence-corrected chi connectivity index (χ1v) is 4.28. The zero-order valence-electron chi connectivity index (χ0n) is 8.68. The minimum Gasteiger partial charge on any atom is -0.354 e. The van der Waals surface area contributed by atoms with E-state index in [4.69, 9.17) is 5.73 Å². The van der Waals surface area contributed by atoms with E-state index >= 15 is 0 Å². The molecule has 1 atom stereocenters. The van der Waals surface area contributed by atoms with Crippen molar-refractivity contribution in [2.45, 2.75) is 33.7 Å². The molecule has 1 amide bonds. The molecular weight excluding hydrogens is 168 g/mol. The van der Waals surface area contributed by atoms with Crippen LogP contribution in [0.3, 0.4) is 0 Å². The third kappa shape index (κ3) is 5.36. The summed E-state index contributed by atoms with van der Waals surface area (Å²) in [5, 5.41) is 2.62. The van der Waals surface area contributed by atoms with Crippen molar-refractivity contribution in [3.05, 3.63) is 0 Å². The van der Waals surface area contributed by atoms with E-state index in [9.17, 15) is 9.59 Å². The highest BCUT2D eigenvalue weighted by atomic mass is 16.2. The first kappa shape index (κ1) is 12.1. The number of Topliss-reactive ketones (excluding diaryl/α,β-unsaturated/α-hetero) is 1. The van der Waals surface area contributed by atoms with E-state index in [-0.39, 0.29) is 11.2 Å². The first-order chi connectivity index (χ1) is 5.74. The van der Waals surface area contributed by atoms with Crippen LogP contribution in [0.2, 0.25) is 0 Å². The average molecular weight is 186 g/mol. The Balaban J connectivity index is 3.96. The van der Waals surface area contributed by atoms with Crippen LogP contribution < -0.4 is 11.1 Å². The molecule has 13 heavy (non-hydrogen) atoms. The summed E-state index contributed by atoms with van der Waals surface area (Å²) in [5.41, 5.74) is 5.33. The predicted octanol–water partition coefficient (Wildman–Crippen LogP) is 0.0650. The van der Waals surface area contributed by atoms with Crippen molar-refractivity contribution in [3.63, 3.8) is 0 Å². The molecule has 0 aromatic heterocycles. The van der Waals surface area contributed by atoms with E-state index in [2.05, 4.69) is 5.32 Å². The van der Waals surface area contributed by atoms with Crippen LogP contribution in [-0.2, 0) is 9.59 Å². The molecule has 3 N–H and O–H groups in total. The molecule has 0 aliphatic heterocycles. The van der Waals surface area contributed by atoms with Crippen molar-refractivity contribution >= 4 is 11.7 Å². The second kappa shape index (κ2) is 4.37. The third-order valence-electron chi connectivity index (χ3n) is 1.51. The summed E-state index contributed by atoms with van der Waals surface area (Å²) in [5.74, 6) is -0.714. The van der Waals surface area contributed by atoms with Gasteiger partial charge in [0.1, 0.15) is 6.04 Å². The summed E-state index contributed by atoms with van der Waals surface area (Å²) in [6.07, 6.45) is 0. The van der Waals surface area contributed by atoms with Crippen LogP contribution in [0.15, 0.2) is 0 Å². The number of hydrogen-bond donors (Lipinski definition) is 2. The number of carbonyl (C=O) groups excluding carboxylic acids is 2. The Morgan fingerprint density at radius 1 is 1.38 bits per heavy atom. The first-order valence-electron chi connectivity index (χ1n) is 4.28. The summed E-state index contributed by atoms with van der Waals surface area (Å²) in [7, 11) is 0. The zero-order chi connectivity index (χ0) is 10.6. The lowest BCUT2D eigenvalue weighted by molar-refractivity contribution is -0.129. The molecule has 0 bridgehead atoms. The Kier molecular flexibility index (Phi) is 4.07. The van der Waals surface area contributed by atoms with E-state index in [1.165, 1.54) is 6.92 Å². The quantitative estimate of drug-likeness (QED) is 0.612. The third-order valence-corrected chi connectivity index (χ3v) is 1.51. The van der Waals surface area contributed by atoms with Gasteiger partial charge in [-0.25, -0.2) is 0 Å². The van der Waals surface area contributed by atoms with Crippen molar-refractivity contribution in [1.29, 1.82) is 0 Å². The van der Waals surface area contributed by atoms with Gasteiger partial charge in [0.2, 0.25) is 5.91 Å². The lowest BCUT2D eigenvalue weighted by atomic mass is 9.97. The van der Waals surface area contributed by atoms with Crippen LogP contribution in [0, 0.1) is 5.41 Å². The van der Waals surface area contributed by atoms with Crippen molar-refractivity contribution in [2.24, 2.45) is 11.1 Å². The smallest absolute Gasteiger partial charge is 0.244 e. The van der Waals surface area contributed by atoms with E-state index in [1.54, 1.807) is 0 Å². The van der Waals surface area contributed by atoms with Crippen LogP contribution in [0.25, 0.3) is 0 Å². The van der Waals surface area contributed by atoms with Crippen LogP contribution in [0.1, 0.15) is 27.7 Å². The summed E-state index contributed by atoms with van der Waals surface area (Å²) in [6.45, 7) is 7.81. The predicted molar refractivity (Wildman–Crippen MR) is 51.1 cm³/mol. The Bertz CT molecular complexity index is 206. The minimum atomic E-state index is -1.03. The molecule has 76 valence electrons. The summed E-state index contributed by atoms with van der Waals surface area (Å²) in [4.78, 5) is 21.9. The fourth-order valence-electron chi connectivity index (χ4n) is 0.647. The van der Waals surface area contributed by atoms with Crippen LogP contribution >= 0.6 is 0 Å². The second-order valence-corrected chi connectivity index (χ2v) is 4.37. The molecule has 4 nitrogen and oxygen atoms in total. The Labute approximate surface area is 78.9 Å². The molecule has 4 heteroatoms. The summed E-state index contributed by atoms with van der Waals surface area (Å²) < 4.78 is 0. The number of ketones is 1. The second-order valence-electron chi connectivity index (χ2n) is 4.37. The van der Waals surface area contributed by atoms with Gasteiger partial charge in [-0.05, 0) is 12.3 Å². The Hall–Kier alpha value is -0.900. The maximum absolute atomic E-state index is 11.2. The van der Waals surface area contributed by atoms with Crippen LogP contribution in [0.4, 0.5) is 0 Å². The average Bonchev–Trinajstić information content (AvgIpc) is 1.97. The van der Waals surface area contributed by atoms with Gasteiger partial charge in [-0.1, -0.05) is 20.8 Å². The largest absolute Gasteiger partial charge is 0.354 e. The van der Waals surface area contributed by atoms with Crippen LogP contribution in [0.5, 0.6) is 0 Å². The fraction of sp³-hybridized carbons (Fsp3) is 0.778. The molecule has 0 rings (SSSR count). The van der Waals surface area contributed by atoms with Crippen molar-refractivity contribution in [2.75, 3.05) is 6.54 Å². The van der Waals surface area contributed by atoms with E-state index in [0.717, 1.165) is 0 Å². The van der Waals surface area contributed by atoms with Gasteiger partial charge >= 0.3 is 0 Å². The van der Waals surface area contributed by atoms with Crippen molar-refractivity contribution in [1.82, 2.24) is 5.32 Å². The number of nitrogens with one attached hydrogen (secondary N) is 1. The number of hydrogen-bond acceptors (Lipinski definition) is 3. The SMILES string of the molecule is CC(=O)[C@H](N)C(=O)NCC(C)(C)C. The van der Waals surface area contributed by atoms with Gasteiger partial charge in [0.15, 0.2) is 5.78 Å². The molecule has 0 heterocycles. The number of carbonyl (C=O) groups is 2. The maximum atomic E-state index is 11.2. The summed E-state index contributed by atoms with van der Waals surface area (Å²) >= 11 is 0. The molecule has 0 aliphatic rings. The van der Waals surface area contributed by atoms with Crippen molar-refractivity contribution in [3.8, 4) is 0 Å². The minimum absolute atomic E-state index is 0.00612. The van der Waals surface area contributed by atoms with E-state index in [0.29, 0.717) is 6.54 Å². The Morgan fingerprint density at radius 2 is 1.85 bits per heavy atom. The highest BCUT2D eigenvalue weighted by molar-refractivity contribution is 6.04. The number of rotatable bonds is 3. The van der Waals surface area contributed by atoms with Gasteiger partial charge < -0.3 is 11.1 Å². The van der Waals surface area contributed by atoms with Crippen molar-refractivity contribution < 1.29 is 9.59 Å². The number of nitrogens with two attached hydrogens (primary N) is 1. The molecule has 0 spiro atoms. The maximum Gasteiger partial charge on any atom is 0.244 e. The molecule has 0 radical (unpaired) electrons. The molecule has 0 saturated heterocycles. The molecule has 0 fully saturated rings. The van der Waals surface area contributed by atoms with Gasteiger partial charge in [-0.2, -0.15) is 0 Å². The van der Waals surface area contributed by atoms with Gasteiger partial charge in [-0.3, -0.25) is 9.59 Å². The lowest BCUT2D eigenvalue weighted by Gasteiger charge is -2.19. The number of amides is 1. The van der Waals surface area contributed by atoms with Crippen LogP contribution in [-0.4, -0.2) is 24.3 Å². The van der Waals surface area contributed by atoms with Gasteiger partial charge in [0.25, 0.3) is 0 Å². The topological polar surface area (TPSA) is 72.2 Å². The monoisotopic (exact) mass is 186 g/mol. The molecule has 0 aliphatic carbocycles.